The fourth-order valence-corrected chi connectivity index (χ4v) is 5.22. The van der Waals surface area contributed by atoms with Gasteiger partial charge in [-0.1, -0.05) is 66.7 Å². The molecular weight excluding hydrogens is 490 g/mol. The first kappa shape index (κ1) is 22.9. The van der Waals surface area contributed by atoms with Crippen molar-refractivity contribution in [2.24, 2.45) is 0 Å². The maximum absolute atomic E-state index is 12.1. The van der Waals surface area contributed by atoms with Crippen LogP contribution in [0.3, 0.4) is 0 Å². The molecular formula is C24H17N3O6S2. The highest BCUT2D eigenvalue weighted by atomic mass is 32.2. The molecule has 35 heavy (non-hydrogen) atoms. The Hall–Kier alpha value is -3.90. The van der Waals surface area contributed by atoms with Crippen LogP contribution in [0.15, 0.2) is 88.7 Å². The van der Waals surface area contributed by atoms with Crippen LogP contribution >= 0.6 is 0 Å². The number of hydrogen-bond acceptors (Lipinski definition) is 6. The molecule has 0 aliphatic carbocycles. The fourth-order valence-electron chi connectivity index (χ4n) is 3.81. The lowest BCUT2D eigenvalue weighted by Gasteiger charge is -2.06. The van der Waals surface area contributed by atoms with E-state index in [1.54, 1.807) is 30.4 Å². The lowest BCUT2D eigenvalue weighted by molar-refractivity contribution is 0.481. The van der Waals surface area contributed by atoms with E-state index in [4.69, 9.17) is 0 Å². The Morgan fingerprint density at radius 3 is 2.14 bits per heavy atom. The zero-order valence-corrected chi connectivity index (χ0v) is 19.5. The van der Waals surface area contributed by atoms with Crippen molar-refractivity contribution in [3.05, 3.63) is 90.0 Å². The summed E-state index contributed by atoms with van der Waals surface area (Å²) in [5.74, 6) is 0. The molecule has 0 saturated heterocycles. The third-order valence-electron chi connectivity index (χ3n) is 5.41. The summed E-state index contributed by atoms with van der Waals surface area (Å²) in [5.41, 5.74) is 2.18. The predicted molar refractivity (Wildman–Crippen MR) is 131 cm³/mol. The summed E-state index contributed by atoms with van der Waals surface area (Å²) in [6.45, 7) is 0. The van der Waals surface area contributed by atoms with E-state index in [1.165, 1.54) is 35.1 Å². The average molecular weight is 508 g/mol. The van der Waals surface area contributed by atoms with Gasteiger partial charge in [0.05, 0.1) is 5.69 Å². The molecule has 2 N–H and O–H groups in total. The summed E-state index contributed by atoms with van der Waals surface area (Å²) in [6, 6.07) is 21.1. The lowest BCUT2D eigenvalue weighted by Crippen LogP contribution is -2.05. The van der Waals surface area contributed by atoms with Gasteiger partial charge in [-0.25, -0.2) is 0 Å². The minimum atomic E-state index is -4.57. The van der Waals surface area contributed by atoms with E-state index in [9.17, 15) is 25.9 Å². The van der Waals surface area contributed by atoms with E-state index in [0.29, 0.717) is 16.4 Å². The van der Waals surface area contributed by atoms with Crippen molar-refractivity contribution in [3.8, 4) is 5.69 Å². The Labute approximate surface area is 200 Å². The van der Waals surface area contributed by atoms with Crippen LogP contribution in [0, 0.1) is 0 Å². The second-order valence-electron chi connectivity index (χ2n) is 7.69. The van der Waals surface area contributed by atoms with Gasteiger partial charge in [0.2, 0.25) is 0 Å². The van der Waals surface area contributed by atoms with Crippen LogP contribution in [-0.2, 0) is 20.2 Å². The van der Waals surface area contributed by atoms with Crippen molar-refractivity contribution in [1.82, 2.24) is 15.0 Å². The van der Waals surface area contributed by atoms with Gasteiger partial charge in [0.25, 0.3) is 20.2 Å². The number of nitrogens with zero attached hydrogens (tertiary/aromatic N) is 3. The molecule has 0 unspecified atom stereocenters. The molecule has 4 aromatic carbocycles. The Bertz CT molecular complexity index is 1850. The van der Waals surface area contributed by atoms with Crippen LogP contribution in [0.2, 0.25) is 0 Å². The van der Waals surface area contributed by atoms with Crippen molar-refractivity contribution >= 4 is 54.2 Å². The van der Waals surface area contributed by atoms with Crippen LogP contribution in [0.1, 0.15) is 11.1 Å². The van der Waals surface area contributed by atoms with Crippen molar-refractivity contribution in [2.45, 2.75) is 9.79 Å². The zero-order chi connectivity index (χ0) is 24.8. The number of benzene rings is 4. The van der Waals surface area contributed by atoms with Crippen LogP contribution in [0.4, 0.5) is 0 Å². The molecule has 0 radical (unpaired) electrons. The SMILES string of the molecule is O=S(=O)(O)c1cc(-n2nc3ccc4c(S(=O)(=O)O)cccc4c3n2)ccc1C=Cc1ccccc1. The quantitative estimate of drug-likeness (QED) is 0.266. The van der Waals surface area contributed by atoms with Crippen molar-refractivity contribution in [1.29, 1.82) is 0 Å². The molecule has 11 heteroatoms. The summed E-state index contributed by atoms with van der Waals surface area (Å²) in [6.07, 6.45) is 3.31. The molecule has 0 aliphatic heterocycles. The highest BCUT2D eigenvalue weighted by Gasteiger charge is 2.19. The molecule has 0 bridgehead atoms. The molecule has 1 aromatic heterocycles. The van der Waals surface area contributed by atoms with Gasteiger partial charge in [-0.3, -0.25) is 9.11 Å². The summed E-state index contributed by atoms with van der Waals surface area (Å²) in [5, 5.41) is 9.50. The maximum atomic E-state index is 12.1. The Balaban J connectivity index is 1.64. The number of hydrogen-bond donors (Lipinski definition) is 2. The lowest BCUT2D eigenvalue weighted by atomic mass is 10.1. The van der Waals surface area contributed by atoms with Crippen molar-refractivity contribution < 1.29 is 25.9 Å². The first-order valence-electron chi connectivity index (χ1n) is 10.2. The second kappa shape index (κ2) is 8.40. The molecule has 0 spiro atoms. The smallest absolute Gasteiger partial charge is 0.282 e. The largest absolute Gasteiger partial charge is 0.295 e. The molecule has 5 aromatic rings. The van der Waals surface area contributed by atoms with Crippen molar-refractivity contribution in [3.63, 3.8) is 0 Å². The third kappa shape index (κ3) is 4.45. The molecule has 0 aliphatic rings. The molecule has 9 nitrogen and oxygen atoms in total. The van der Waals surface area contributed by atoms with Gasteiger partial charge in [-0.2, -0.15) is 21.6 Å². The van der Waals surface area contributed by atoms with Gasteiger partial charge >= 0.3 is 0 Å². The summed E-state index contributed by atoms with van der Waals surface area (Å²) in [4.78, 5) is 0.626. The summed E-state index contributed by atoms with van der Waals surface area (Å²) >= 11 is 0. The molecule has 0 amide bonds. The molecule has 5 rings (SSSR count). The van der Waals surface area contributed by atoms with E-state index < -0.39 is 20.2 Å². The van der Waals surface area contributed by atoms with E-state index in [1.807, 2.05) is 30.3 Å². The zero-order valence-electron chi connectivity index (χ0n) is 17.8. The second-order valence-corrected chi connectivity index (χ2v) is 10.5. The van der Waals surface area contributed by atoms with Crippen LogP contribution in [0.25, 0.3) is 39.6 Å². The van der Waals surface area contributed by atoms with Gasteiger partial charge in [-0.15, -0.1) is 10.2 Å². The monoisotopic (exact) mass is 507 g/mol. The Kier molecular flexibility index (Phi) is 5.49. The highest BCUT2D eigenvalue weighted by Crippen LogP contribution is 2.29. The van der Waals surface area contributed by atoms with Gasteiger partial charge in [0, 0.05) is 10.8 Å². The molecule has 0 atom stereocenters. The fraction of sp³-hybridized carbons (Fsp3) is 0. The maximum Gasteiger partial charge on any atom is 0.295 e. The van der Waals surface area contributed by atoms with Crippen LogP contribution in [-0.4, -0.2) is 40.9 Å². The number of aromatic nitrogens is 3. The summed E-state index contributed by atoms with van der Waals surface area (Å²) in [7, 11) is -9.02. The molecule has 0 saturated carbocycles. The first-order chi connectivity index (χ1) is 16.6. The Morgan fingerprint density at radius 2 is 1.43 bits per heavy atom. The Morgan fingerprint density at radius 1 is 0.686 bits per heavy atom. The van der Waals surface area contributed by atoms with Gasteiger partial charge in [-0.05, 0) is 35.4 Å². The summed E-state index contributed by atoms with van der Waals surface area (Å²) < 4.78 is 67.1. The van der Waals surface area contributed by atoms with Crippen LogP contribution in [0.5, 0.6) is 0 Å². The minimum Gasteiger partial charge on any atom is -0.282 e. The number of fused-ring (bicyclic) bond motifs is 3. The predicted octanol–water partition coefficient (Wildman–Crippen LogP) is 4.24. The van der Waals surface area contributed by atoms with Gasteiger partial charge in [0.1, 0.15) is 20.8 Å². The van der Waals surface area contributed by atoms with E-state index in [0.717, 1.165) is 5.56 Å². The normalized spacial score (nSPS) is 12.6. The molecule has 176 valence electrons. The highest BCUT2D eigenvalue weighted by molar-refractivity contribution is 7.86. The average Bonchev–Trinajstić information content (AvgIpc) is 3.27. The van der Waals surface area contributed by atoms with E-state index in [-0.39, 0.29) is 26.4 Å². The molecule has 1 heterocycles. The van der Waals surface area contributed by atoms with Gasteiger partial charge in [0.15, 0.2) is 0 Å². The van der Waals surface area contributed by atoms with E-state index >= 15 is 0 Å². The van der Waals surface area contributed by atoms with E-state index in [2.05, 4.69) is 10.2 Å². The molecule has 0 fully saturated rings. The standard InChI is InChI=1S/C24H17N3O6S2/c28-34(29,30)22-8-4-7-20-19(22)13-14-21-24(20)26-27(25-21)18-12-11-17(23(15-18)35(31,32)33)10-9-16-5-2-1-3-6-16/h1-15H,(H,28,29,30)(H,31,32,33). The van der Waals surface area contributed by atoms with Crippen LogP contribution < -0.4 is 0 Å². The topological polar surface area (TPSA) is 139 Å². The first-order valence-corrected chi connectivity index (χ1v) is 13.1. The number of rotatable bonds is 5. The van der Waals surface area contributed by atoms with Crippen molar-refractivity contribution in [2.75, 3.05) is 0 Å². The van der Waals surface area contributed by atoms with Gasteiger partial charge < -0.3 is 0 Å². The minimum absolute atomic E-state index is 0.255. The third-order valence-corrected chi connectivity index (χ3v) is 7.23.